The van der Waals surface area contributed by atoms with Gasteiger partial charge in [-0.15, -0.1) is 0 Å². The van der Waals surface area contributed by atoms with Gasteiger partial charge in [-0.1, -0.05) is 35.6 Å². The lowest BCUT2D eigenvalue weighted by Gasteiger charge is -2.25. The van der Waals surface area contributed by atoms with Crippen LogP contribution < -0.4 is 19.8 Å². The number of hydrogen-bond acceptors (Lipinski definition) is 9. The molecule has 0 spiro atoms. The Balaban J connectivity index is 1.61. The lowest BCUT2D eigenvalue weighted by atomic mass is 9.95. The van der Waals surface area contributed by atoms with Gasteiger partial charge < -0.3 is 14.1 Å². The average Bonchev–Trinajstić information content (AvgIpc) is 3.52. The Hall–Kier alpha value is -4.77. The van der Waals surface area contributed by atoms with Crippen molar-refractivity contribution in [2.45, 2.75) is 19.9 Å². The van der Waals surface area contributed by atoms with Gasteiger partial charge in [-0.2, -0.15) is 0 Å². The number of nitro groups is 1. The number of rotatable bonds is 7. The van der Waals surface area contributed by atoms with Crippen molar-refractivity contribution < 1.29 is 18.9 Å². The smallest absolute Gasteiger partial charge is 0.338 e. The topological polar surface area (TPSA) is 120 Å². The van der Waals surface area contributed by atoms with Gasteiger partial charge in [0.25, 0.3) is 11.2 Å². The molecule has 204 valence electrons. The van der Waals surface area contributed by atoms with Gasteiger partial charge in [0, 0.05) is 43.6 Å². The van der Waals surface area contributed by atoms with Crippen LogP contribution in [-0.2, 0) is 9.53 Å². The van der Waals surface area contributed by atoms with Crippen LogP contribution in [0.2, 0.25) is 0 Å². The van der Waals surface area contributed by atoms with Crippen molar-refractivity contribution in [3.05, 3.63) is 113 Å². The van der Waals surface area contributed by atoms with Crippen LogP contribution in [-0.4, -0.2) is 36.2 Å². The quantitative estimate of drug-likeness (QED) is 0.191. The summed E-state index contributed by atoms with van der Waals surface area (Å²) in [5.41, 5.74) is 2.70. The summed E-state index contributed by atoms with van der Waals surface area (Å²) in [7, 11) is 3.87. The summed E-state index contributed by atoms with van der Waals surface area (Å²) in [6.07, 6.45) is 1.61. The third-order valence-electron chi connectivity index (χ3n) is 6.48. The van der Waals surface area contributed by atoms with E-state index >= 15 is 0 Å². The lowest BCUT2D eigenvalue weighted by Crippen LogP contribution is -2.39. The molecule has 10 nitrogen and oxygen atoms in total. The number of aromatic nitrogens is 1. The molecular weight excluding hydrogens is 532 g/mol. The number of carbonyl (C=O) groups excluding carboxylic acids is 1. The van der Waals surface area contributed by atoms with E-state index in [4.69, 9.17) is 9.15 Å². The summed E-state index contributed by atoms with van der Waals surface area (Å²) < 4.78 is 13.2. The number of carbonyl (C=O) groups is 1. The molecule has 1 aliphatic rings. The third-order valence-corrected chi connectivity index (χ3v) is 7.47. The number of anilines is 1. The Bertz CT molecular complexity index is 1830. The van der Waals surface area contributed by atoms with Gasteiger partial charge >= 0.3 is 5.97 Å². The van der Waals surface area contributed by atoms with Gasteiger partial charge in [-0.3, -0.25) is 19.5 Å². The SMILES string of the molecule is CCOC(=O)C1=C(C)N=c2s/c(=C\c3ccc(-c4cccc([N+](=O)[O-])c4)o3)c(=O)n2[C@H]1c1ccc(N(C)C)cc1. The number of allylic oxidation sites excluding steroid dienone is 1. The second-order valence-electron chi connectivity index (χ2n) is 9.30. The summed E-state index contributed by atoms with van der Waals surface area (Å²) in [5.74, 6) is 0.314. The summed E-state index contributed by atoms with van der Waals surface area (Å²) in [6.45, 7) is 3.66. The number of nitrogens with zero attached hydrogens (tertiary/aromatic N) is 4. The van der Waals surface area contributed by atoms with E-state index in [0.29, 0.717) is 37.7 Å². The number of non-ortho nitro benzene ring substituents is 1. The zero-order valence-corrected chi connectivity index (χ0v) is 23.1. The highest BCUT2D eigenvalue weighted by atomic mass is 32.1. The molecule has 0 unspecified atom stereocenters. The van der Waals surface area contributed by atoms with Crippen molar-refractivity contribution in [2.75, 3.05) is 25.6 Å². The van der Waals surface area contributed by atoms with Crippen LogP contribution in [0.3, 0.4) is 0 Å². The minimum Gasteiger partial charge on any atom is -0.463 e. The molecular formula is C29H26N4O6S. The zero-order valence-electron chi connectivity index (χ0n) is 22.3. The minimum atomic E-state index is -0.717. The standard InChI is InChI=1S/C29H26N4O6S/c1-5-38-28(35)25-17(2)30-29-32(26(25)18-9-11-20(12-10-18)31(3)4)27(34)24(40-29)16-22-13-14-23(39-22)19-7-6-8-21(15-19)33(36)37/h6-16,26H,5H2,1-4H3/b24-16-/t26-/m0/s1. The molecule has 0 N–H and O–H groups in total. The van der Waals surface area contributed by atoms with Crippen LogP contribution in [0.4, 0.5) is 11.4 Å². The molecule has 0 bridgehead atoms. The molecule has 1 atom stereocenters. The molecule has 11 heteroatoms. The van der Waals surface area contributed by atoms with Crippen molar-refractivity contribution >= 4 is 34.8 Å². The van der Waals surface area contributed by atoms with Crippen LogP contribution >= 0.6 is 11.3 Å². The maximum absolute atomic E-state index is 13.8. The van der Waals surface area contributed by atoms with Crippen LogP contribution in [0.15, 0.2) is 86.1 Å². The molecule has 0 aliphatic carbocycles. The molecule has 0 radical (unpaired) electrons. The fraction of sp³-hybridized carbons (Fsp3) is 0.207. The first-order valence-electron chi connectivity index (χ1n) is 12.5. The predicted molar refractivity (Wildman–Crippen MR) is 152 cm³/mol. The van der Waals surface area contributed by atoms with Crippen LogP contribution in [0.25, 0.3) is 17.4 Å². The normalized spacial score (nSPS) is 15.0. The first-order chi connectivity index (χ1) is 19.2. The average molecular weight is 559 g/mol. The van der Waals surface area contributed by atoms with E-state index in [1.165, 1.54) is 28.0 Å². The molecule has 2 aromatic heterocycles. The largest absolute Gasteiger partial charge is 0.463 e. The van der Waals surface area contributed by atoms with Gasteiger partial charge in [0.05, 0.1) is 33.4 Å². The Morgan fingerprint density at radius 2 is 1.95 bits per heavy atom. The predicted octanol–water partition coefficient (Wildman–Crippen LogP) is 4.03. The summed E-state index contributed by atoms with van der Waals surface area (Å²) >= 11 is 1.19. The highest BCUT2D eigenvalue weighted by molar-refractivity contribution is 7.07. The monoisotopic (exact) mass is 558 g/mol. The van der Waals surface area contributed by atoms with E-state index in [-0.39, 0.29) is 17.9 Å². The summed E-state index contributed by atoms with van der Waals surface area (Å²) in [5, 5.41) is 11.2. The molecule has 40 heavy (non-hydrogen) atoms. The fourth-order valence-electron chi connectivity index (χ4n) is 4.55. The lowest BCUT2D eigenvalue weighted by molar-refractivity contribution is -0.384. The zero-order chi connectivity index (χ0) is 28.6. The minimum absolute atomic E-state index is 0.0462. The molecule has 0 saturated heterocycles. The number of ether oxygens (including phenoxy) is 1. The van der Waals surface area contributed by atoms with Gasteiger partial charge in [-0.05, 0) is 43.7 Å². The summed E-state index contributed by atoms with van der Waals surface area (Å²) in [4.78, 5) is 44.6. The molecule has 2 aromatic carbocycles. The fourth-order valence-corrected chi connectivity index (χ4v) is 5.58. The van der Waals surface area contributed by atoms with E-state index in [0.717, 1.165) is 11.3 Å². The maximum atomic E-state index is 13.8. The number of furan rings is 1. The molecule has 0 amide bonds. The number of hydrogen-bond donors (Lipinski definition) is 0. The Morgan fingerprint density at radius 3 is 2.62 bits per heavy atom. The Kier molecular flexibility index (Phi) is 7.22. The molecule has 1 aliphatic heterocycles. The van der Waals surface area contributed by atoms with Crippen molar-refractivity contribution in [1.29, 1.82) is 0 Å². The number of fused-ring (bicyclic) bond motifs is 1. The second kappa shape index (κ2) is 10.8. The second-order valence-corrected chi connectivity index (χ2v) is 10.3. The molecule has 0 fully saturated rings. The molecule has 3 heterocycles. The number of benzene rings is 2. The van der Waals surface area contributed by atoms with Crippen molar-refractivity contribution in [3.8, 4) is 11.3 Å². The maximum Gasteiger partial charge on any atom is 0.338 e. The van der Waals surface area contributed by atoms with E-state index in [1.54, 1.807) is 44.2 Å². The van der Waals surface area contributed by atoms with Crippen molar-refractivity contribution in [3.63, 3.8) is 0 Å². The van der Waals surface area contributed by atoms with E-state index in [1.807, 2.05) is 43.3 Å². The molecule has 5 rings (SSSR count). The highest BCUT2D eigenvalue weighted by Gasteiger charge is 2.33. The highest BCUT2D eigenvalue weighted by Crippen LogP contribution is 2.32. The van der Waals surface area contributed by atoms with E-state index < -0.39 is 16.9 Å². The summed E-state index contributed by atoms with van der Waals surface area (Å²) in [6, 6.07) is 16.5. The van der Waals surface area contributed by atoms with Gasteiger partial charge in [0.15, 0.2) is 4.80 Å². The molecule has 0 saturated carbocycles. The third kappa shape index (κ3) is 4.98. The van der Waals surface area contributed by atoms with Gasteiger partial charge in [0.2, 0.25) is 0 Å². The van der Waals surface area contributed by atoms with Crippen molar-refractivity contribution in [2.24, 2.45) is 4.99 Å². The van der Waals surface area contributed by atoms with Crippen LogP contribution in [0, 0.1) is 10.1 Å². The van der Waals surface area contributed by atoms with Crippen molar-refractivity contribution in [1.82, 2.24) is 4.57 Å². The van der Waals surface area contributed by atoms with E-state index in [2.05, 4.69) is 4.99 Å². The Labute approximate surface area is 232 Å². The first kappa shape index (κ1) is 26.8. The number of esters is 1. The van der Waals surface area contributed by atoms with Gasteiger partial charge in [-0.25, -0.2) is 9.79 Å². The Morgan fingerprint density at radius 1 is 1.20 bits per heavy atom. The van der Waals surface area contributed by atoms with Gasteiger partial charge in [0.1, 0.15) is 11.5 Å². The van der Waals surface area contributed by atoms with E-state index in [9.17, 15) is 19.7 Å². The van der Waals surface area contributed by atoms with Crippen LogP contribution in [0.5, 0.6) is 0 Å². The number of nitro benzene ring substituents is 1. The first-order valence-corrected chi connectivity index (χ1v) is 13.3. The van der Waals surface area contributed by atoms with Crippen LogP contribution in [0.1, 0.15) is 31.2 Å². The number of thiazole rings is 1. The molecule has 4 aromatic rings.